The molecule has 0 amide bonds. The van der Waals surface area contributed by atoms with Crippen LogP contribution in [0.4, 0.5) is 5.95 Å². The third kappa shape index (κ3) is 2.91. The molecule has 8 heteroatoms. The molecule has 2 N–H and O–H groups in total. The maximum atomic E-state index is 5.83. The fraction of sp³-hybridized carbons (Fsp3) is 0.0588. The van der Waals surface area contributed by atoms with E-state index in [2.05, 4.69) is 68.7 Å². The van der Waals surface area contributed by atoms with Crippen LogP contribution >= 0.6 is 31.9 Å². The molecule has 0 aliphatic carbocycles. The third-order valence-corrected chi connectivity index (χ3v) is 4.81. The Hall–Kier alpha value is -2.32. The number of halogens is 2. The van der Waals surface area contributed by atoms with Crippen molar-refractivity contribution in [2.45, 2.75) is 0 Å². The molecule has 0 saturated heterocycles. The zero-order chi connectivity index (χ0) is 17.6. The number of aryl methyl sites for hydroxylation is 1. The Morgan fingerprint density at radius 3 is 2.64 bits per heavy atom. The number of fused-ring (bicyclic) bond motifs is 1. The molecule has 6 nitrogen and oxygen atoms in total. The van der Waals surface area contributed by atoms with Crippen LogP contribution in [-0.2, 0) is 7.05 Å². The Balaban J connectivity index is 2.03. The molecule has 3 heterocycles. The summed E-state index contributed by atoms with van der Waals surface area (Å²) >= 11 is 6.98. The summed E-state index contributed by atoms with van der Waals surface area (Å²) in [6.07, 6.45) is 5.48. The number of pyridine rings is 1. The Kier molecular flexibility index (Phi) is 4.01. The van der Waals surface area contributed by atoms with Crippen molar-refractivity contribution in [2.75, 3.05) is 5.73 Å². The molecule has 0 atom stereocenters. The zero-order valence-corrected chi connectivity index (χ0v) is 16.3. The molecule has 0 bridgehead atoms. The zero-order valence-electron chi connectivity index (χ0n) is 13.1. The van der Waals surface area contributed by atoms with Crippen molar-refractivity contribution in [3.05, 3.63) is 51.8 Å². The molecular weight excluding hydrogens is 448 g/mol. The third-order valence-electron chi connectivity index (χ3n) is 3.89. The van der Waals surface area contributed by atoms with Gasteiger partial charge in [0.25, 0.3) is 0 Å². The Morgan fingerprint density at radius 1 is 1.00 bits per heavy atom. The molecule has 4 rings (SSSR count). The Morgan fingerprint density at radius 2 is 1.84 bits per heavy atom. The first-order chi connectivity index (χ1) is 12.0. The van der Waals surface area contributed by atoms with Crippen LogP contribution in [-0.4, -0.2) is 24.7 Å². The molecular formula is C17H12Br2N6. The van der Waals surface area contributed by atoms with E-state index in [1.54, 1.807) is 12.4 Å². The van der Waals surface area contributed by atoms with Gasteiger partial charge in [-0.05, 0) is 40.2 Å². The van der Waals surface area contributed by atoms with Gasteiger partial charge in [-0.25, -0.2) is 4.98 Å². The summed E-state index contributed by atoms with van der Waals surface area (Å²) in [4.78, 5) is 8.69. The van der Waals surface area contributed by atoms with Gasteiger partial charge >= 0.3 is 0 Å². The fourth-order valence-corrected chi connectivity index (χ4v) is 3.54. The number of rotatable bonds is 2. The van der Waals surface area contributed by atoms with Crippen LogP contribution in [0.3, 0.4) is 0 Å². The van der Waals surface area contributed by atoms with E-state index in [4.69, 9.17) is 5.73 Å². The van der Waals surface area contributed by atoms with E-state index in [-0.39, 0.29) is 5.95 Å². The lowest BCUT2D eigenvalue weighted by Gasteiger charge is -2.07. The SMILES string of the molecule is Cn1cc(-c2nc(N)nnc2-c2cncc(Br)c2)c2cc(Br)ccc21. The van der Waals surface area contributed by atoms with Crippen LogP contribution in [0.25, 0.3) is 33.4 Å². The van der Waals surface area contributed by atoms with Gasteiger partial charge in [0.05, 0.1) is 0 Å². The maximum Gasteiger partial charge on any atom is 0.240 e. The second-order valence-electron chi connectivity index (χ2n) is 5.57. The van der Waals surface area contributed by atoms with Gasteiger partial charge in [0.2, 0.25) is 5.95 Å². The molecule has 0 unspecified atom stereocenters. The van der Waals surface area contributed by atoms with Gasteiger partial charge in [0.1, 0.15) is 11.4 Å². The molecule has 124 valence electrons. The summed E-state index contributed by atoms with van der Waals surface area (Å²) in [6, 6.07) is 8.06. The normalized spacial score (nSPS) is 11.2. The molecule has 3 aromatic heterocycles. The van der Waals surface area contributed by atoms with Crippen LogP contribution < -0.4 is 5.73 Å². The largest absolute Gasteiger partial charge is 0.366 e. The van der Waals surface area contributed by atoms with Gasteiger partial charge in [-0.1, -0.05) is 15.9 Å². The average Bonchev–Trinajstić information content (AvgIpc) is 2.91. The fourth-order valence-electron chi connectivity index (χ4n) is 2.82. The van der Waals surface area contributed by atoms with Crippen LogP contribution in [0.2, 0.25) is 0 Å². The molecule has 25 heavy (non-hydrogen) atoms. The van der Waals surface area contributed by atoms with Crippen LogP contribution in [0.15, 0.2) is 51.8 Å². The summed E-state index contributed by atoms with van der Waals surface area (Å²) in [7, 11) is 2.00. The van der Waals surface area contributed by atoms with Gasteiger partial charge in [-0.15, -0.1) is 10.2 Å². The van der Waals surface area contributed by atoms with Crippen molar-refractivity contribution in [1.82, 2.24) is 24.7 Å². The number of benzene rings is 1. The average molecular weight is 460 g/mol. The summed E-state index contributed by atoms with van der Waals surface area (Å²) in [6.45, 7) is 0. The van der Waals surface area contributed by atoms with Gasteiger partial charge < -0.3 is 10.3 Å². The highest BCUT2D eigenvalue weighted by atomic mass is 79.9. The second-order valence-corrected chi connectivity index (χ2v) is 7.41. The van der Waals surface area contributed by atoms with Crippen molar-refractivity contribution in [3.63, 3.8) is 0 Å². The first-order valence-electron chi connectivity index (χ1n) is 7.39. The van der Waals surface area contributed by atoms with Crippen molar-refractivity contribution in [3.8, 4) is 22.5 Å². The van der Waals surface area contributed by atoms with E-state index in [1.165, 1.54) is 0 Å². The molecule has 0 spiro atoms. The number of aromatic nitrogens is 5. The van der Waals surface area contributed by atoms with Crippen molar-refractivity contribution in [1.29, 1.82) is 0 Å². The predicted molar refractivity (Wildman–Crippen MR) is 105 cm³/mol. The molecule has 0 fully saturated rings. The van der Waals surface area contributed by atoms with Crippen molar-refractivity contribution >= 4 is 48.7 Å². The van der Waals surface area contributed by atoms with Crippen LogP contribution in [0, 0.1) is 0 Å². The van der Waals surface area contributed by atoms with E-state index >= 15 is 0 Å². The first-order valence-corrected chi connectivity index (χ1v) is 8.97. The maximum absolute atomic E-state index is 5.83. The standard InChI is InChI=1S/C17H12Br2N6/c1-25-8-13(12-5-10(18)2-3-14(12)25)16-15(23-24-17(20)22-16)9-4-11(19)7-21-6-9/h2-8H,1H3,(H2,20,22,24). The summed E-state index contributed by atoms with van der Waals surface area (Å²) in [5, 5.41) is 9.27. The van der Waals surface area contributed by atoms with Crippen LogP contribution in [0.5, 0.6) is 0 Å². The number of hydrogen-bond acceptors (Lipinski definition) is 5. The summed E-state index contributed by atoms with van der Waals surface area (Å²) in [5.74, 6) is 0.133. The number of nitrogen functional groups attached to an aromatic ring is 1. The van der Waals surface area contributed by atoms with E-state index < -0.39 is 0 Å². The van der Waals surface area contributed by atoms with E-state index in [0.29, 0.717) is 11.4 Å². The number of nitrogens with two attached hydrogens (primary N) is 1. The van der Waals surface area contributed by atoms with Gasteiger partial charge in [0.15, 0.2) is 0 Å². The molecule has 0 aliphatic rings. The Labute approximate surface area is 160 Å². The molecule has 0 radical (unpaired) electrons. The molecule has 4 aromatic rings. The predicted octanol–water partition coefficient (Wildman–Crippen LogP) is 4.20. The Bertz CT molecular complexity index is 1110. The van der Waals surface area contributed by atoms with Crippen molar-refractivity contribution < 1.29 is 0 Å². The lowest BCUT2D eigenvalue weighted by Crippen LogP contribution is -2.02. The minimum Gasteiger partial charge on any atom is -0.366 e. The molecule has 1 aromatic carbocycles. The first kappa shape index (κ1) is 16.2. The van der Waals surface area contributed by atoms with Gasteiger partial charge in [-0.2, -0.15) is 0 Å². The van der Waals surface area contributed by atoms with Gasteiger partial charge in [0, 0.05) is 56.6 Å². The topological polar surface area (TPSA) is 82.5 Å². The van der Waals surface area contributed by atoms with E-state index in [1.807, 2.05) is 25.4 Å². The second kappa shape index (κ2) is 6.20. The van der Waals surface area contributed by atoms with Crippen LogP contribution in [0.1, 0.15) is 0 Å². The minimum absolute atomic E-state index is 0.133. The molecule has 0 saturated carbocycles. The lowest BCUT2D eigenvalue weighted by molar-refractivity contribution is 0.965. The molecule has 0 aliphatic heterocycles. The summed E-state index contributed by atoms with van der Waals surface area (Å²) < 4.78 is 3.90. The monoisotopic (exact) mass is 458 g/mol. The van der Waals surface area contributed by atoms with Crippen molar-refractivity contribution in [2.24, 2.45) is 7.05 Å². The minimum atomic E-state index is 0.133. The summed E-state index contributed by atoms with van der Waals surface area (Å²) in [5.41, 5.74) is 9.99. The lowest BCUT2D eigenvalue weighted by atomic mass is 10.1. The highest BCUT2D eigenvalue weighted by molar-refractivity contribution is 9.10. The highest BCUT2D eigenvalue weighted by Gasteiger charge is 2.18. The quantitative estimate of drug-likeness (QED) is 0.485. The number of nitrogens with zero attached hydrogens (tertiary/aromatic N) is 5. The number of hydrogen-bond donors (Lipinski definition) is 1. The number of anilines is 1. The van der Waals surface area contributed by atoms with E-state index in [9.17, 15) is 0 Å². The highest BCUT2D eigenvalue weighted by Crippen LogP contribution is 2.36. The smallest absolute Gasteiger partial charge is 0.240 e. The van der Waals surface area contributed by atoms with E-state index in [0.717, 1.165) is 31.0 Å². The van der Waals surface area contributed by atoms with Gasteiger partial charge in [-0.3, -0.25) is 4.98 Å².